The molecule has 0 N–H and O–H groups in total. The van der Waals surface area contributed by atoms with Crippen molar-refractivity contribution in [2.24, 2.45) is 0 Å². The first-order valence-electron chi connectivity index (χ1n) is 4.55. The van der Waals surface area contributed by atoms with Crippen LogP contribution in [0.1, 0.15) is 13.8 Å². The standard InChI is InChI=1S/C10H14O6/c1-4-10(13)15-6-9(16-8(3)12)5-14-7(2)11/h4,9H,1,5-6H2,2-3H3. The van der Waals surface area contributed by atoms with Crippen LogP contribution in [-0.2, 0) is 28.6 Å². The van der Waals surface area contributed by atoms with Crippen molar-refractivity contribution in [1.29, 1.82) is 0 Å². The molecule has 0 saturated heterocycles. The van der Waals surface area contributed by atoms with E-state index in [0.29, 0.717) is 0 Å². The maximum absolute atomic E-state index is 10.8. The molecule has 0 fully saturated rings. The Kier molecular flexibility index (Phi) is 6.58. The molecule has 1 atom stereocenters. The maximum atomic E-state index is 10.8. The lowest BCUT2D eigenvalue weighted by molar-refractivity contribution is -0.163. The molecule has 0 spiro atoms. The van der Waals surface area contributed by atoms with Crippen LogP contribution >= 0.6 is 0 Å². The Hall–Kier alpha value is -1.85. The second-order valence-corrected chi connectivity index (χ2v) is 2.87. The second kappa shape index (κ2) is 7.44. The molecule has 0 aromatic carbocycles. The molecule has 0 aromatic heterocycles. The lowest BCUT2D eigenvalue weighted by Crippen LogP contribution is -2.29. The van der Waals surface area contributed by atoms with Crippen LogP contribution < -0.4 is 0 Å². The van der Waals surface area contributed by atoms with Gasteiger partial charge in [0.1, 0.15) is 13.2 Å². The molecule has 0 radical (unpaired) electrons. The minimum absolute atomic E-state index is 0.153. The van der Waals surface area contributed by atoms with Crippen molar-refractivity contribution < 1.29 is 28.6 Å². The van der Waals surface area contributed by atoms with Gasteiger partial charge in [0, 0.05) is 19.9 Å². The summed E-state index contributed by atoms with van der Waals surface area (Å²) in [5.74, 6) is -1.70. The summed E-state index contributed by atoms with van der Waals surface area (Å²) in [7, 11) is 0. The summed E-state index contributed by atoms with van der Waals surface area (Å²) in [5.41, 5.74) is 0. The lowest BCUT2D eigenvalue weighted by Gasteiger charge is -2.15. The van der Waals surface area contributed by atoms with Gasteiger partial charge in [-0.1, -0.05) is 6.58 Å². The summed E-state index contributed by atoms with van der Waals surface area (Å²) >= 11 is 0. The van der Waals surface area contributed by atoms with Crippen LogP contribution in [0, 0.1) is 0 Å². The van der Waals surface area contributed by atoms with Crippen molar-refractivity contribution in [3.63, 3.8) is 0 Å². The van der Waals surface area contributed by atoms with Crippen molar-refractivity contribution >= 4 is 17.9 Å². The van der Waals surface area contributed by atoms with Crippen LogP contribution in [0.2, 0.25) is 0 Å². The Labute approximate surface area is 93.2 Å². The number of carbonyl (C=O) groups excluding carboxylic acids is 3. The number of hydrogen-bond donors (Lipinski definition) is 0. The van der Waals surface area contributed by atoms with Gasteiger partial charge in [0.25, 0.3) is 0 Å². The minimum atomic E-state index is -0.801. The van der Waals surface area contributed by atoms with Gasteiger partial charge in [-0.05, 0) is 0 Å². The number of carbonyl (C=O) groups is 3. The third-order valence-electron chi connectivity index (χ3n) is 1.38. The smallest absolute Gasteiger partial charge is 0.330 e. The second-order valence-electron chi connectivity index (χ2n) is 2.87. The first kappa shape index (κ1) is 14.2. The first-order chi connectivity index (χ1) is 7.45. The molecule has 0 aromatic rings. The molecule has 0 heterocycles. The van der Waals surface area contributed by atoms with E-state index in [1.165, 1.54) is 13.8 Å². The Bertz CT molecular complexity index is 283. The summed E-state index contributed by atoms with van der Waals surface area (Å²) in [6, 6.07) is 0. The third-order valence-corrected chi connectivity index (χ3v) is 1.38. The van der Waals surface area contributed by atoms with Crippen molar-refractivity contribution in [2.75, 3.05) is 13.2 Å². The zero-order chi connectivity index (χ0) is 12.6. The van der Waals surface area contributed by atoms with Gasteiger partial charge >= 0.3 is 17.9 Å². The molecule has 1 unspecified atom stereocenters. The molecule has 0 aliphatic heterocycles. The number of rotatable bonds is 6. The van der Waals surface area contributed by atoms with Crippen LogP contribution in [0.5, 0.6) is 0 Å². The first-order valence-corrected chi connectivity index (χ1v) is 4.55. The van der Waals surface area contributed by atoms with Crippen LogP contribution in [0.15, 0.2) is 12.7 Å². The minimum Gasteiger partial charge on any atom is -0.462 e. The van der Waals surface area contributed by atoms with Crippen LogP contribution in [0.25, 0.3) is 0 Å². The summed E-state index contributed by atoms with van der Waals surface area (Å²) < 4.78 is 14.1. The highest BCUT2D eigenvalue weighted by Gasteiger charge is 2.15. The van der Waals surface area contributed by atoms with Gasteiger partial charge < -0.3 is 14.2 Å². The van der Waals surface area contributed by atoms with E-state index in [2.05, 4.69) is 16.1 Å². The fourth-order valence-corrected chi connectivity index (χ4v) is 0.795. The van der Waals surface area contributed by atoms with Crippen LogP contribution in [0.4, 0.5) is 0 Å². The Morgan fingerprint density at radius 1 is 1.12 bits per heavy atom. The molecule has 0 bridgehead atoms. The Morgan fingerprint density at radius 3 is 2.12 bits per heavy atom. The summed E-state index contributed by atoms with van der Waals surface area (Å²) in [6.45, 7) is 5.30. The molecule has 6 heteroatoms. The molecular formula is C10H14O6. The quantitative estimate of drug-likeness (QED) is 0.368. The van der Waals surface area contributed by atoms with Gasteiger partial charge in [0.05, 0.1) is 0 Å². The molecule has 0 amide bonds. The van der Waals surface area contributed by atoms with Crippen molar-refractivity contribution in [2.45, 2.75) is 20.0 Å². The fourth-order valence-electron chi connectivity index (χ4n) is 0.795. The van der Waals surface area contributed by atoms with E-state index >= 15 is 0 Å². The van der Waals surface area contributed by atoms with Crippen LogP contribution in [0.3, 0.4) is 0 Å². The van der Waals surface area contributed by atoms with Gasteiger partial charge in [-0.2, -0.15) is 0 Å². The molecule has 0 aliphatic rings. The number of esters is 3. The third kappa shape index (κ3) is 7.54. The Balaban J connectivity index is 4.08. The highest BCUT2D eigenvalue weighted by Crippen LogP contribution is 1.97. The predicted molar refractivity (Wildman–Crippen MR) is 53.3 cm³/mol. The highest BCUT2D eigenvalue weighted by molar-refractivity contribution is 5.81. The van der Waals surface area contributed by atoms with Crippen molar-refractivity contribution in [3.8, 4) is 0 Å². The number of ether oxygens (including phenoxy) is 3. The topological polar surface area (TPSA) is 78.9 Å². The Morgan fingerprint density at radius 2 is 1.69 bits per heavy atom. The van der Waals surface area contributed by atoms with E-state index in [4.69, 9.17) is 4.74 Å². The van der Waals surface area contributed by atoms with E-state index in [9.17, 15) is 14.4 Å². The van der Waals surface area contributed by atoms with Crippen molar-refractivity contribution in [1.82, 2.24) is 0 Å². The largest absolute Gasteiger partial charge is 0.462 e. The predicted octanol–water partition coefficient (Wildman–Crippen LogP) is 0.210. The summed E-state index contributed by atoms with van der Waals surface area (Å²) in [6.07, 6.45) is 0.182. The van der Waals surface area contributed by atoms with E-state index in [1.807, 2.05) is 0 Å². The van der Waals surface area contributed by atoms with E-state index < -0.39 is 24.0 Å². The SMILES string of the molecule is C=CC(=O)OCC(COC(C)=O)OC(C)=O. The van der Waals surface area contributed by atoms with Gasteiger partial charge in [-0.25, -0.2) is 4.79 Å². The van der Waals surface area contributed by atoms with Crippen molar-refractivity contribution in [3.05, 3.63) is 12.7 Å². The highest BCUT2D eigenvalue weighted by atomic mass is 16.6. The monoisotopic (exact) mass is 230 g/mol. The average molecular weight is 230 g/mol. The van der Waals surface area contributed by atoms with E-state index in [0.717, 1.165) is 6.08 Å². The van der Waals surface area contributed by atoms with Gasteiger partial charge in [-0.3, -0.25) is 9.59 Å². The fraction of sp³-hybridized carbons (Fsp3) is 0.500. The van der Waals surface area contributed by atoms with Gasteiger partial charge in [0.15, 0.2) is 6.10 Å². The molecular weight excluding hydrogens is 216 g/mol. The lowest BCUT2D eigenvalue weighted by atomic mass is 10.4. The normalized spacial score (nSPS) is 11.1. The van der Waals surface area contributed by atoms with Crippen LogP contribution in [-0.4, -0.2) is 37.2 Å². The van der Waals surface area contributed by atoms with E-state index in [1.54, 1.807) is 0 Å². The van der Waals surface area contributed by atoms with Gasteiger partial charge in [0.2, 0.25) is 0 Å². The molecule has 0 aliphatic carbocycles. The van der Waals surface area contributed by atoms with Gasteiger partial charge in [-0.15, -0.1) is 0 Å². The number of hydrogen-bond acceptors (Lipinski definition) is 6. The molecule has 90 valence electrons. The summed E-state index contributed by atoms with van der Waals surface area (Å²) in [5, 5.41) is 0. The average Bonchev–Trinajstić information content (AvgIpc) is 2.20. The zero-order valence-electron chi connectivity index (χ0n) is 9.23. The zero-order valence-corrected chi connectivity index (χ0v) is 9.23. The summed E-state index contributed by atoms with van der Waals surface area (Å²) in [4.78, 5) is 32.0. The maximum Gasteiger partial charge on any atom is 0.330 e. The molecule has 0 rings (SSSR count). The molecule has 16 heavy (non-hydrogen) atoms. The molecule has 6 nitrogen and oxygen atoms in total. The molecule has 0 saturated carbocycles. The van der Waals surface area contributed by atoms with E-state index in [-0.39, 0.29) is 13.2 Å².